The zero-order valence-corrected chi connectivity index (χ0v) is 35.0. The van der Waals surface area contributed by atoms with Crippen LogP contribution < -0.4 is 9.64 Å². The molecule has 0 atom stereocenters. The minimum absolute atomic E-state index is 0.822. The van der Waals surface area contributed by atoms with E-state index < -0.39 is 0 Å². The standard InChI is InChI=1S/C62H41NO/c1-3-12-42(13-4-1)44-22-24-45(25-23-44)47-28-33-53(34-29-47)63(52-31-26-46(27-32-52)43-14-5-2-6-15-43)54-35-37-61-60(41-54)59-39-50-18-8-7-17-49(50)38-58(59)57-36-30-51(40-62(57)64-61)56-21-11-19-48-16-9-10-20-55(48)56/h1-41H. The summed E-state index contributed by atoms with van der Waals surface area (Å²) in [5.74, 6) is 1.66. The van der Waals surface area contributed by atoms with Gasteiger partial charge in [-0.05, 0) is 144 Å². The molecule has 300 valence electrons. The van der Waals surface area contributed by atoms with Crippen LogP contribution in [0.3, 0.4) is 0 Å². The lowest BCUT2D eigenvalue weighted by atomic mass is 9.90. The van der Waals surface area contributed by atoms with Crippen molar-refractivity contribution in [1.82, 2.24) is 0 Å². The number of rotatable bonds is 7. The highest BCUT2D eigenvalue weighted by Gasteiger charge is 2.25. The summed E-state index contributed by atoms with van der Waals surface area (Å²) in [6.07, 6.45) is 0. The minimum atomic E-state index is 0.822. The predicted octanol–water partition coefficient (Wildman–Crippen LogP) is 17.6. The fraction of sp³-hybridized carbons (Fsp3) is 0. The highest BCUT2D eigenvalue weighted by atomic mass is 16.5. The van der Waals surface area contributed by atoms with Gasteiger partial charge in [0.25, 0.3) is 0 Å². The van der Waals surface area contributed by atoms with Crippen molar-refractivity contribution in [2.24, 2.45) is 0 Å². The highest BCUT2D eigenvalue weighted by Crippen LogP contribution is 2.51. The lowest BCUT2D eigenvalue weighted by Crippen LogP contribution is -2.10. The number of fused-ring (bicyclic) bond motifs is 7. The van der Waals surface area contributed by atoms with Gasteiger partial charge in [0, 0.05) is 28.2 Å². The summed E-state index contributed by atoms with van der Waals surface area (Å²) in [4.78, 5) is 2.36. The Hall–Kier alpha value is -8.46. The van der Waals surface area contributed by atoms with E-state index in [0.29, 0.717) is 0 Å². The molecule has 11 aromatic carbocycles. The molecule has 0 bridgehead atoms. The van der Waals surface area contributed by atoms with Crippen molar-refractivity contribution in [2.75, 3.05) is 4.90 Å². The van der Waals surface area contributed by atoms with Gasteiger partial charge in [0.1, 0.15) is 11.5 Å². The van der Waals surface area contributed by atoms with Crippen LogP contribution in [0.1, 0.15) is 0 Å². The molecule has 2 nitrogen and oxygen atoms in total. The van der Waals surface area contributed by atoms with Gasteiger partial charge >= 0.3 is 0 Å². The molecule has 1 aliphatic heterocycles. The monoisotopic (exact) mass is 815 g/mol. The summed E-state index contributed by atoms with van der Waals surface area (Å²) in [6.45, 7) is 0. The number of benzene rings is 11. The largest absolute Gasteiger partial charge is 0.456 e. The Morgan fingerprint density at radius 1 is 0.234 bits per heavy atom. The Labute approximate surface area is 373 Å². The molecule has 2 heteroatoms. The Bertz CT molecular complexity index is 3480. The van der Waals surface area contributed by atoms with E-state index in [4.69, 9.17) is 4.74 Å². The molecule has 1 aliphatic rings. The normalized spacial score (nSPS) is 11.6. The van der Waals surface area contributed by atoms with Gasteiger partial charge in [0.2, 0.25) is 0 Å². The molecule has 0 radical (unpaired) electrons. The molecule has 0 saturated carbocycles. The smallest absolute Gasteiger partial charge is 0.135 e. The Kier molecular flexibility index (Phi) is 9.20. The average molecular weight is 816 g/mol. The summed E-state index contributed by atoms with van der Waals surface area (Å²) in [5, 5.41) is 4.83. The van der Waals surface area contributed by atoms with Crippen molar-refractivity contribution in [2.45, 2.75) is 0 Å². The summed E-state index contributed by atoms with van der Waals surface area (Å²) >= 11 is 0. The van der Waals surface area contributed by atoms with Gasteiger partial charge in [-0.3, -0.25) is 0 Å². The second-order valence-corrected chi connectivity index (χ2v) is 16.5. The molecule has 0 amide bonds. The molecular weight excluding hydrogens is 775 g/mol. The zero-order chi connectivity index (χ0) is 42.4. The molecule has 11 aromatic rings. The first-order chi connectivity index (χ1) is 31.7. The third kappa shape index (κ3) is 6.79. The number of hydrogen-bond acceptors (Lipinski definition) is 2. The fourth-order valence-electron chi connectivity index (χ4n) is 9.40. The van der Waals surface area contributed by atoms with Crippen LogP contribution in [0.2, 0.25) is 0 Å². The van der Waals surface area contributed by atoms with E-state index in [2.05, 4.69) is 254 Å². The van der Waals surface area contributed by atoms with E-state index in [9.17, 15) is 0 Å². The van der Waals surface area contributed by atoms with Crippen molar-refractivity contribution in [3.8, 4) is 78.3 Å². The van der Waals surface area contributed by atoms with Gasteiger partial charge in [-0.2, -0.15) is 0 Å². The van der Waals surface area contributed by atoms with E-state index in [1.807, 2.05) is 0 Å². The van der Waals surface area contributed by atoms with Crippen LogP contribution in [0.15, 0.2) is 249 Å². The Morgan fingerprint density at radius 2 is 0.688 bits per heavy atom. The molecule has 0 fully saturated rings. The van der Waals surface area contributed by atoms with Gasteiger partial charge in [-0.25, -0.2) is 0 Å². The maximum atomic E-state index is 7.08. The Balaban J connectivity index is 0.985. The van der Waals surface area contributed by atoms with Gasteiger partial charge in [-0.1, -0.05) is 182 Å². The molecule has 12 rings (SSSR count). The summed E-state index contributed by atoms with van der Waals surface area (Å²) in [5.41, 5.74) is 17.0. The molecule has 0 saturated heterocycles. The minimum Gasteiger partial charge on any atom is -0.456 e. The van der Waals surface area contributed by atoms with Crippen molar-refractivity contribution in [3.63, 3.8) is 0 Å². The molecule has 64 heavy (non-hydrogen) atoms. The van der Waals surface area contributed by atoms with Gasteiger partial charge < -0.3 is 9.64 Å². The molecule has 0 spiro atoms. The average Bonchev–Trinajstić information content (AvgIpc) is 3.50. The first-order valence-corrected chi connectivity index (χ1v) is 21.9. The summed E-state index contributed by atoms with van der Waals surface area (Å²) in [6, 6.07) is 89.6. The number of anilines is 3. The van der Waals surface area contributed by atoms with E-state index in [1.165, 1.54) is 60.5 Å². The van der Waals surface area contributed by atoms with Crippen LogP contribution >= 0.6 is 0 Å². The van der Waals surface area contributed by atoms with Gasteiger partial charge in [0.15, 0.2) is 0 Å². The lowest BCUT2D eigenvalue weighted by molar-refractivity contribution is 0.488. The van der Waals surface area contributed by atoms with E-state index in [-0.39, 0.29) is 0 Å². The maximum absolute atomic E-state index is 7.08. The summed E-state index contributed by atoms with van der Waals surface area (Å²) in [7, 11) is 0. The number of ether oxygens (including phenoxy) is 1. The van der Waals surface area contributed by atoms with Crippen LogP contribution in [-0.4, -0.2) is 0 Å². The second kappa shape index (κ2) is 15.8. The molecule has 0 N–H and O–H groups in total. The quantitative estimate of drug-likeness (QED) is 0.159. The van der Waals surface area contributed by atoms with Crippen LogP contribution in [0.5, 0.6) is 11.5 Å². The number of hydrogen-bond donors (Lipinski definition) is 0. The predicted molar refractivity (Wildman–Crippen MR) is 269 cm³/mol. The summed E-state index contributed by atoms with van der Waals surface area (Å²) < 4.78 is 7.08. The second-order valence-electron chi connectivity index (χ2n) is 16.5. The number of nitrogens with zero attached hydrogens (tertiary/aromatic N) is 1. The molecule has 0 aromatic heterocycles. The van der Waals surface area contributed by atoms with Gasteiger partial charge in [-0.15, -0.1) is 0 Å². The van der Waals surface area contributed by atoms with Gasteiger partial charge in [0.05, 0.1) is 0 Å². The SMILES string of the molecule is c1ccc(-c2ccc(-c3ccc(N(c4ccc(-c5ccccc5)cc4)c4ccc5c(c4)-c4cc6ccccc6cc4-c4ccc(-c6cccc7ccccc67)cc4O5)cc3)cc2)cc1. The van der Waals surface area contributed by atoms with Crippen LogP contribution in [0.25, 0.3) is 88.3 Å². The highest BCUT2D eigenvalue weighted by molar-refractivity contribution is 6.02. The zero-order valence-electron chi connectivity index (χ0n) is 35.0. The molecule has 0 aliphatic carbocycles. The third-order valence-electron chi connectivity index (χ3n) is 12.7. The fourth-order valence-corrected chi connectivity index (χ4v) is 9.40. The van der Waals surface area contributed by atoms with E-state index in [1.54, 1.807) is 0 Å². The van der Waals surface area contributed by atoms with Crippen LogP contribution in [-0.2, 0) is 0 Å². The van der Waals surface area contributed by atoms with E-state index in [0.717, 1.165) is 56.4 Å². The first kappa shape index (κ1) is 37.3. The van der Waals surface area contributed by atoms with Crippen molar-refractivity contribution in [3.05, 3.63) is 249 Å². The first-order valence-electron chi connectivity index (χ1n) is 21.9. The Morgan fingerprint density at radius 3 is 1.28 bits per heavy atom. The third-order valence-corrected chi connectivity index (χ3v) is 12.7. The topological polar surface area (TPSA) is 12.5 Å². The lowest BCUT2D eigenvalue weighted by Gasteiger charge is -2.27. The van der Waals surface area contributed by atoms with Crippen LogP contribution in [0.4, 0.5) is 17.1 Å². The molecule has 1 heterocycles. The van der Waals surface area contributed by atoms with E-state index >= 15 is 0 Å². The van der Waals surface area contributed by atoms with Crippen molar-refractivity contribution in [1.29, 1.82) is 0 Å². The molecule has 0 unspecified atom stereocenters. The maximum Gasteiger partial charge on any atom is 0.135 e. The molecular formula is C62H41NO. The van der Waals surface area contributed by atoms with Crippen molar-refractivity contribution >= 4 is 38.6 Å². The van der Waals surface area contributed by atoms with Crippen molar-refractivity contribution < 1.29 is 4.74 Å². The van der Waals surface area contributed by atoms with Crippen LogP contribution in [0, 0.1) is 0 Å².